The van der Waals surface area contributed by atoms with Crippen molar-refractivity contribution in [3.8, 4) is 6.07 Å². The number of halogens is 2. The lowest BCUT2D eigenvalue weighted by Crippen LogP contribution is -2.32. The van der Waals surface area contributed by atoms with E-state index in [9.17, 15) is 9.65 Å². The first kappa shape index (κ1) is 12.3. The molecule has 1 heterocycles. The minimum Gasteiger partial charge on any atom is -0.380 e. The fraction of sp³-hybridized carbons (Fsp3) is 0.462. The Balaban J connectivity index is 2.18. The van der Waals surface area contributed by atoms with Crippen molar-refractivity contribution in [1.29, 1.82) is 5.26 Å². The molecule has 0 aliphatic carbocycles. The van der Waals surface area contributed by atoms with Crippen LogP contribution in [-0.2, 0) is 11.2 Å². The van der Waals surface area contributed by atoms with Crippen molar-refractivity contribution in [2.75, 3.05) is 13.2 Å². The predicted octanol–water partition coefficient (Wildman–Crippen LogP) is 3.34. The Labute approximate surface area is 105 Å². The van der Waals surface area contributed by atoms with Gasteiger partial charge in [-0.1, -0.05) is 17.7 Å². The van der Waals surface area contributed by atoms with Crippen LogP contribution < -0.4 is 0 Å². The smallest absolute Gasteiger partial charge is 0.142 e. The summed E-state index contributed by atoms with van der Waals surface area (Å²) in [7, 11) is 0. The summed E-state index contributed by atoms with van der Waals surface area (Å²) in [5, 5.41) is 9.39. The van der Waals surface area contributed by atoms with Gasteiger partial charge in [0, 0.05) is 6.61 Å². The standard InChI is InChI=1S/C13H13ClFNO/c14-11-3-2-10(6-12(11)15)7-13(8-16)4-1-5-17-9-13/h2-3,6H,1,4-5,7,9H2. The van der Waals surface area contributed by atoms with Crippen LogP contribution in [0.5, 0.6) is 0 Å². The van der Waals surface area contributed by atoms with Gasteiger partial charge in [-0.25, -0.2) is 4.39 Å². The highest BCUT2D eigenvalue weighted by atomic mass is 35.5. The summed E-state index contributed by atoms with van der Waals surface area (Å²) in [5.74, 6) is -0.436. The van der Waals surface area contributed by atoms with Crippen molar-refractivity contribution in [3.63, 3.8) is 0 Å². The number of ether oxygens (including phenoxy) is 1. The van der Waals surface area contributed by atoms with E-state index >= 15 is 0 Å². The quantitative estimate of drug-likeness (QED) is 0.810. The largest absolute Gasteiger partial charge is 0.380 e. The van der Waals surface area contributed by atoms with Crippen LogP contribution >= 0.6 is 11.6 Å². The van der Waals surface area contributed by atoms with Crippen LogP contribution in [0.15, 0.2) is 18.2 Å². The third-order valence-corrected chi connectivity index (χ3v) is 3.39. The van der Waals surface area contributed by atoms with Gasteiger partial charge in [-0.3, -0.25) is 0 Å². The van der Waals surface area contributed by atoms with E-state index in [2.05, 4.69) is 6.07 Å². The Morgan fingerprint density at radius 1 is 1.53 bits per heavy atom. The van der Waals surface area contributed by atoms with Gasteiger partial charge in [-0.2, -0.15) is 5.26 Å². The van der Waals surface area contributed by atoms with Crippen LogP contribution in [0.2, 0.25) is 5.02 Å². The van der Waals surface area contributed by atoms with E-state index in [0.717, 1.165) is 18.4 Å². The zero-order chi connectivity index (χ0) is 12.3. The molecule has 0 radical (unpaired) electrons. The molecule has 90 valence electrons. The zero-order valence-electron chi connectivity index (χ0n) is 9.38. The summed E-state index contributed by atoms with van der Waals surface area (Å²) in [4.78, 5) is 0. The van der Waals surface area contributed by atoms with Gasteiger partial charge in [0.2, 0.25) is 0 Å². The Morgan fingerprint density at radius 2 is 2.35 bits per heavy atom. The number of rotatable bonds is 2. The second kappa shape index (κ2) is 5.03. The van der Waals surface area contributed by atoms with E-state index in [-0.39, 0.29) is 5.02 Å². The van der Waals surface area contributed by atoms with E-state index in [1.807, 2.05) is 0 Å². The van der Waals surface area contributed by atoms with Crippen molar-refractivity contribution < 1.29 is 9.13 Å². The highest BCUT2D eigenvalue weighted by Crippen LogP contribution is 2.32. The molecule has 4 heteroatoms. The first-order valence-corrected chi connectivity index (χ1v) is 5.96. The van der Waals surface area contributed by atoms with E-state index in [0.29, 0.717) is 19.6 Å². The van der Waals surface area contributed by atoms with Crippen LogP contribution in [0.4, 0.5) is 4.39 Å². The Kier molecular flexibility index (Phi) is 3.66. The number of nitrogens with zero attached hydrogens (tertiary/aromatic N) is 1. The summed E-state index contributed by atoms with van der Waals surface area (Å²) in [6, 6.07) is 7.01. The third kappa shape index (κ3) is 2.77. The molecule has 0 N–H and O–H groups in total. The molecule has 1 fully saturated rings. The first-order valence-electron chi connectivity index (χ1n) is 5.58. The monoisotopic (exact) mass is 253 g/mol. The molecule has 0 spiro atoms. The van der Waals surface area contributed by atoms with Gasteiger partial charge in [0.05, 0.1) is 23.1 Å². The molecule has 0 bridgehead atoms. The first-order chi connectivity index (χ1) is 8.15. The molecule has 1 unspecified atom stereocenters. The van der Waals surface area contributed by atoms with Gasteiger partial charge in [0.25, 0.3) is 0 Å². The Bertz CT molecular complexity index is 449. The van der Waals surface area contributed by atoms with Crippen LogP contribution in [0.25, 0.3) is 0 Å². The van der Waals surface area contributed by atoms with Crippen molar-refractivity contribution in [3.05, 3.63) is 34.6 Å². The minimum absolute atomic E-state index is 0.111. The van der Waals surface area contributed by atoms with E-state index in [1.54, 1.807) is 6.07 Å². The lowest BCUT2D eigenvalue weighted by atomic mass is 9.78. The molecule has 2 nitrogen and oxygen atoms in total. The molecule has 1 aliphatic rings. The van der Waals surface area contributed by atoms with Gasteiger partial charge in [-0.15, -0.1) is 0 Å². The fourth-order valence-corrected chi connectivity index (χ4v) is 2.28. The Morgan fingerprint density at radius 3 is 2.94 bits per heavy atom. The molecule has 0 saturated carbocycles. The molecule has 2 rings (SSSR count). The molecule has 1 aromatic rings. The van der Waals surface area contributed by atoms with Crippen LogP contribution in [0, 0.1) is 22.6 Å². The van der Waals surface area contributed by atoms with Crippen molar-refractivity contribution in [2.24, 2.45) is 5.41 Å². The second-order valence-corrected chi connectivity index (χ2v) is 4.88. The molecule has 1 aromatic carbocycles. The maximum Gasteiger partial charge on any atom is 0.142 e. The SMILES string of the molecule is N#CC1(Cc2ccc(Cl)c(F)c2)CCCOC1. The fourth-order valence-electron chi connectivity index (χ4n) is 2.16. The molecule has 0 aromatic heterocycles. The molecule has 1 aliphatic heterocycles. The van der Waals surface area contributed by atoms with Crippen molar-refractivity contribution in [2.45, 2.75) is 19.3 Å². The summed E-state index contributed by atoms with van der Waals surface area (Å²) >= 11 is 5.63. The molecule has 1 saturated heterocycles. The average molecular weight is 254 g/mol. The summed E-state index contributed by atoms with van der Waals surface area (Å²) < 4.78 is 18.7. The highest BCUT2D eigenvalue weighted by molar-refractivity contribution is 6.30. The molecule has 1 atom stereocenters. The van der Waals surface area contributed by atoms with E-state index < -0.39 is 11.2 Å². The minimum atomic E-state index is -0.515. The third-order valence-electron chi connectivity index (χ3n) is 3.09. The van der Waals surface area contributed by atoms with E-state index in [4.69, 9.17) is 16.3 Å². The van der Waals surface area contributed by atoms with Gasteiger partial charge in [0.15, 0.2) is 0 Å². The summed E-state index contributed by atoms with van der Waals surface area (Å²) in [6.45, 7) is 1.13. The summed E-state index contributed by atoms with van der Waals surface area (Å²) in [5.41, 5.74) is 0.275. The van der Waals surface area contributed by atoms with Crippen molar-refractivity contribution >= 4 is 11.6 Å². The van der Waals surface area contributed by atoms with Gasteiger partial charge in [0.1, 0.15) is 5.82 Å². The lowest BCUT2D eigenvalue weighted by Gasteiger charge is -2.30. The van der Waals surface area contributed by atoms with Crippen LogP contribution in [-0.4, -0.2) is 13.2 Å². The van der Waals surface area contributed by atoms with Crippen LogP contribution in [0.1, 0.15) is 18.4 Å². The zero-order valence-corrected chi connectivity index (χ0v) is 10.1. The lowest BCUT2D eigenvalue weighted by molar-refractivity contribution is 0.0223. The summed E-state index contributed by atoms with van der Waals surface area (Å²) in [6.07, 6.45) is 2.19. The molecule has 17 heavy (non-hydrogen) atoms. The van der Waals surface area contributed by atoms with Gasteiger partial charge >= 0.3 is 0 Å². The van der Waals surface area contributed by atoms with Gasteiger partial charge in [-0.05, 0) is 37.0 Å². The molecular formula is C13H13ClFNO. The molecule has 0 amide bonds. The van der Waals surface area contributed by atoms with E-state index in [1.165, 1.54) is 12.1 Å². The van der Waals surface area contributed by atoms with Gasteiger partial charge < -0.3 is 4.74 Å². The average Bonchev–Trinajstić information content (AvgIpc) is 2.35. The number of benzene rings is 1. The maximum absolute atomic E-state index is 13.3. The number of hydrogen-bond acceptors (Lipinski definition) is 2. The topological polar surface area (TPSA) is 33.0 Å². The normalized spacial score (nSPS) is 24.3. The second-order valence-electron chi connectivity index (χ2n) is 4.47. The highest BCUT2D eigenvalue weighted by Gasteiger charge is 2.33. The predicted molar refractivity (Wildman–Crippen MR) is 63.2 cm³/mol. The maximum atomic E-state index is 13.3. The molecular weight excluding hydrogens is 241 g/mol. The number of hydrogen-bond donors (Lipinski definition) is 0. The Hall–Kier alpha value is -1.11. The van der Waals surface area contributed by atoms with Crippen LogP contribution in [0.3, 0.4) is 0 Å². The number of nitriles is 1. The van der Waals surface area contributed by atoms with Crippen molar-refractivity contribution in [1.82, 2.24) is 0 Å².